The molecule has 1 unspecified atom stereocenters. The summed E-state index contributed by atoms with van der Waals surface area (Å²) in [5, 5.41) is 10.9. The molecule has 6 heteroatoms. The van der Waals surface area contributed by atoms with Crippen molar-refractivity contribution in [1.29, 1.82) is 0 Å². The van der Waals surface area contributed by atoms with Gasteiger partial charge in [0.2, 0.25) is 0 Å². The Bertz CT molecular complexity index is 467. The molecule has 0 radical (unpaired) electrons. The van der Waals surface area contributed by atoms with Crippen LogP contribution in [0.15, 0.2) is 17.4 Å². The molecule has 6 nitrogen and oxygen atoms in total. The van der Waals surface area contributed by atoms with Gasteiger partial charge in [-0.15, -0.1) is 0 Å². The predicted molar refractivity (Wildman–Crippen MR) is 90.9 cm³/mol. The van der Waals surface area contributed by atoms with E-state index in [1.54, 1.807) is 0 Å². The van der Waals surface area contributed by atoms with Gasteiger partial charge in [-0.3, -0.25) is 9.67 Å². The third-order valence-electron chi connectivity index (χ3n) is 4.30. The van der Waals surface area contributed by atoms with Gasteiger partial charge in [0.25, 0.3) is 0 Å². The number of rotatable bonds is 6. The fourth-order valence-corrected chi connectivity index (χ4v) is 2.95. The third kappa shape index (κ3) is 5.33. The van der Waals surface area contributed by atoms with Gasteiger partial charge in [0.05, 0.1) is 6.20 Å². The van der Waals surface area contributed by atoms with Crippen LogP contribution in [0.2, 0.25) is 0 Å². The van der Waals surface area contributed by atoms with E-state index in [0.717, 1.165) is 37.1 Å². The number of nitrogens with zero attached hydrogens (tertiary/aromatic N) is 4. The average Bonchev–Trinajstić information content (AvgIpc) is 2.94. The number of aryl methyl sites for hydroxylation is 1. The Hall–Kier alpha value is -1.56. The molecule has 0 bridgehead atoms. The maximum atomic E-state index is 4.26. The van der Waals surface area contributed by atoms with Crippen molar-refractivity contribution in [3.05, 3.63) is 18.0 Å². The number of likely N-dealkylation sites (tertiary alicyclic amines) is 1. The van der Waals surface area contributed by atoms with Crippen LogP contribution in [-0.2, 0) is 13.6 Å². The first-order valence-electron chi connectivity index (χ1n) is 8.35. The van der Waals surface area contributed by atoms with Crippen molar-refractivity contribution in [1.82, 2.24) is 25.3 Å². The highest BCUT2D eigenvalue weighted by Crippen LogP contribution is 2.15. The van der Waals surface area contributed by atoms with E-state index in [1.165, 1.54) is 32.4 Å². The highest BCUT2D eigenvalue weighted by atomic mass is 15.2. The van der Waals surface area contributed by atoms with Gasteiger partial charge >= 0.3 is 0 Å². The van der Waals surface area contributed by atoms with Crippen LogP contribution in [0.1, 0.15) is 38.2 Å². The zero-order valence-electron chi connectivity index (χ0n) is 14.2. The van der Waals surface area contributed by atoms with E-state index < -0.39 is 0 Å². The van der Waals surface area contributed by atoms with Crippen LogP contribution >= 0.6 is 0 Å². The number of guanidine groups is 1. The highest BCUT2D eigenvalue weighted by Gasteiger charge is 2.17. The fraction of sp³-hybridized carbons (Fsp3) is 0.750. The van der Waals surface area contributed by atoms with E-state index in [2.05, 4.69) is 32.5 Å². The Kier molecular flexibility index (Phi) is 6.71. The summed E-state index contributed by atoms with van der Waals surface area (Å²) in [6, 6.07) is 0.747. The lowest BCUT2D eigenvalue weighted by Crippen LogP contribution is -2.41. The summed E-state index contributed by atoms with van der Waals surface area (Å²) in [7, 11) is 3.74. The van der Waals surface area contributed by atoms with Crippen molar-refractivity contribution in [3.8, 4) is 0 Å². The van der Waals surface area contributed by atoms with Crippen LogP contribution in [-0.4, -0.2) is 53.4 Å². The molecular formula is C16H30N6. The second kappa shape index (κ2) is 8.78. The molecule has 1 aliphatic rings. The minimum absolute atomic E-state index is 0.747. The van der Waals surface area contributed by atoms with Crippen LogP contribution in [0.5, 0.6) is 0 Å². The second-order valence-electron chi connectivity index (χ2n) is 6.11. The van der Waals surface area contributed by atoms with Gasteiger partial charge in [-0.25, -0.2) is 0 Å². The van der Waals surface area contributed by atoms with E-state index in [0.29, 0.717) is 0 Å². The minimum atomic E-state index is 0.747. The first kappa shape index (κ1) is 16.8. The smallest absolute Gasteiger partial charge is 0.191 e. The second-order valence-corrected chi connectivity index (χ2v) is 6.11. The topological polar surface area (TPSA) is 57.5 Å². The zero-order valence-corrected chi connectivity index (χ0v) is 14.2. The molecule has 0 amide bonds. The van der Waals surface area contributed by atoms with Gasteiger partial charge in [0, 0.05) is 51.5 Å². The number of nitrogens with one attached hydrogen (secondary N) is 2. The van der Waals surface area contributed by atoms with Gasteiger partial charge in [-0.2, -0.15) is 5.10 Å². The minimum Gasteiger partial charge on any atom is -0.356 e. The van der Waals surface area contributed by atoms with Crippen LogP contribution in [0.25, 0.3) is 0 Å². The van der Waals surface area contributed by atoms with E-state index in [1.807, 2.05) is 31.2 Å². The molecule has 1 saturated heterocycles. The molecule has 1 aromatic rings. The lowest BCUT2D eigenvalue weighted by molar-refractivity contribution is 0.159. The summed E-state index contributed by atoms with van der Waals surface area (Å²) in [6.45, 7) is 6.48. The van der Waals surface area contributed by atoms with Crippen molar-refractivity contribution in [2.24, 2.45) is 12.0 Å². The van der Waals surface area contributed by atoms with Crippen molar-refractivity contribution in [2.75, 3.05) is 26.7 Å². The van der Waals surface area contributed by atoms with E-state index in [4.69, 9.17) is 0 Å². The summed E-state index contributed by atoms with van der Waals surface area (Å²) in [4.78, 5) is 6.87. The first-order chi connectivity index (χ1) is 10.7. The molecule has 1 aliphatic heterocycles. The Morgan fingerprint density at radius 1 is 1.41 bits per heavy atom. The molecule has 2 N–H and O–H groups in total. The Morgan fingerprint density at radius 2 is 2.27 bits per heavy atom. The quantitative estimate of drug-likeness (QED) is 0.473. The molecule has 2 heterocycles. The maximum Gasteiger partial charge on any atom is 0.191 e. The molecule has 0 spiro atoms. The molecule has 0 aromatic carbocycles. The Balaban J connectivity index is 1.62. The number of piperidine rings is 1. The lowest BCUT2D eigenvalue weighted by Gasteiger charge is -2.33. The SMILES string of the molecule is CN=C(NCCCN1CCCCC1C)NCc1cnn(C)c1. The van der Waals surface area contributed by atoms with Crippen molar-refractivity contribution >= 4 is 5.96 Å². The number of aromatic nitrogens is 2. The molecular weight excluding hydrogens is 276 g/mol. The van der Waals surface area contributed by atoms with Gasteiger partial charge in [0.1, 0.15) is 0 Å². The van der Waals surface area contributed by atoms with Crippen LogP contribution in [0.3, 0.4) is 0 Å². The third-order valence-corrected chi connectivity index (χ3v) is 4.30. The molecule has 1 atom stereocenters. The van der Waals surface area contributed by atoms with Crippen LogP contribution in [0, 0.1) is 0 Å². The summed E-state index contributed by atoms with van der Waals surface area (Å²) >= 11 is 0. The Labute approximate surface area is 134 Å². The molecule has 0 saturated carbocycles. The monoisotopic (exact) mass is 306 g/mol. The van der Waals surface area contributed by atoms with Gasteiger partial charge < -0.3 is 15.5 Å². The molecule has 1 fully saturated rings. The summed E-state index contributed by atoms with van der Waals surface area (Å²) in [6.07, 6.45) is 9.13. The molecule has 1 aromatic heterocycles. The zero-order chi connectivity index (χ0) is 15.8. The number of hydrogen-bond acceptors (Lipinski definition) is 3. The van der Waals surface area contributed by atoms with Crippen LogP contribution in [0.4, 0.5) is 0 Å². The first-order valence-corrected chi connectivity index (χ1v) is 8.35. The van der Waals surface area contributed by atoms with E-state index in [-0.39, 0.29) is 0 Å². The summed E-state index contributed by atoms with van der Waals surface area (Å²) in [5.41, 5.74) is 1.16. The molecule has 124 valence electrons. The largest absolute Gasteiger partial charge is 0.356 e. The highest BCUT2D eigenvalue weighted by molar-refractivity contribution is 5.79. The molecule has 0 aliphatic carbocycles. The van der Waals surface area contributed by atoms with E-state index >= 15 is 0 Å². The summed E-state index contributed by atoms with van der Waals surface area (Å²) < 4.78 is 1.81. The van der Waals surface area contributed by atoms with Gasteiger partial charge in [0.15, 0.2) is 5.96 Å². The number of hydrogen-bond donors (Lipinski definition) is 2. The van der Waals surface area contributed by atoms with E-state index in [9.17, 15) is 0 Å². The maximum absolute atomic E-state index is 4.26. The molecule has 2 rings (SSSR count). The predicted octanol–water partition coefficient (Wildman–Crippen LogP) is 1.35. The number of aliphatic imine (C=N–C) groups is 1. The Morgan fingerprint density at radius 3 is 2.95 bits per heavy atom. The fourth-order valence-electron chi connectivity index (χ4n) is 2.95. The van der Waals surface area contributed by atoms with Crippen molar-refractivity contribution in [3.63, 3.8) is 0 Å². The van der Waals surface area contributed by atoms with Gasteiger partial charge in [-0.05, 0) is 32.7 Å². The lowest BCUT2D eigenvalue weighted by atomic mass is 10.0. The standard InChI is InChI=1S/C16H30N6/c1-14-7-4-5-9-22(14)10-6-8-18-16(17-2)19-11-15-12-20-21(3)13-15/h12-14H,4-11H2,1-3H3,(H2,17,18,19). The molecule has 22 heavy (non-hydrogen) atoms. The van der Waals surface area contributed by atoms with Crippen LogP contribution < -0.4 is 10.6 Å². The van der Waals surface area contributed by atoms with Crippen molar-refractivity contribution in [2.45, 2.75) is 45.2 Å². The van der Waals surface area contributed by atoms with Crippen molar-refractivity contribution < 1.29 is 0 Å². The van der Waals surface area contributed by atoms with Gasteiger partial charge in [-0.1, -0.05) is 6.42 Å². The average molecular weight is 306 g/mol. The summed E-state index contributed by atoms with van der Waals surface area (Å²) in [5.74, 6) is 0.857. The normalized spacial score (nSPS) is 20.1.